The fraction of sp³-hybridized carbons (Fsp3) is 0.483. The molecule has 4 aromatic rings. The molecule has 2 aliphatic rings. The third-order valence-corrected chi connectivity index (χ3v) is 9.39. The van der Waals surface area contributed by atoms with Crippen LogP contribution in [0.1, 0.15) is 73.5 Å². The summed E-state index contributed by atoms with van der Waals surface area (Å²) < 4.78 is 30.9. The summed E-state index contributed by atoms with van der Waals surface area (Å²) in [7, 11) is 3.47. The van der Waals surface area contributed by atoms with Crippen molar-refractivity contribution in [2.45, 2.75) is 75.9 Å². The summed E-state index contributed by atoms with van der Waals surface area (Å²) in [5.74, 6) is -0.123. The summed E-state index contributed by atoms with van der Waals surface area (Å²) in [4.78, 5) is 1.22. The first-order chi connectivity index (χ1) is 18.7. The zero-order chi connectivity index (χ0) is 27.4. The van der Waals surface area contributed by atoms with Crippen LogP contribution in [0.5, 0.6) is 0 Å². The Bertz CT molecular complexity index is 1530. The van der Waals surface area contributed by atoms with Crippen LogP contribution in [-0.4, -0.2) is 59.7 Å². The van der Waals surface area contributed by atoms with Crippen molar-refractivity contribution < 1.29 is 8.78 Å². The zero-order valence-corrected chi connectivity index (χ0v) is 23.5. The third kappa shape index (κ3) is 4.49. The van der Waals surface area contributed by atoms with Gasteiger partial charge >= 0.3 is 0 Å². The van der Waals surface area contributed by atoms with Gasteiger partial charge in [-0.3, -0.25) is 14.5 Å². The molecule has 4 unspecified atom stereocenters. The molecule has 0 bridgehead atoms. The van der Waals surface area contributed by atoms with E-state index in [1.807, 2.05) is 24.1 Å². The van der Waals surface area contributed by atoms with Crippen LogP contribution < -0.4 is 0 Å². The fourth-order valence-electron chi connectivity index (χ4n) is 6.56. The van der Waals surface area contributed by atoms with E-state index in [1.165, 1.54) is 11.9 Å². The molecule has 1 aromatic carbocycles. The largest absolute Gasteiger partial charge is 0.294 e. The van der Waals surface area contributed by atoms with E-state index in [4.69, 9.17) is 16.7 Å². The van der Waals surface area contributed by atoms with Crippen molar-refractivity contribution in [1.82, 2.24) is 34.7 Å². The summed E-state index contributed by atoms with van der Waals surface area (Å²) in [5.41, 5.74) is 8.25. The second-order valence-corrected chi connectivity index (χ2v) is 11.6. The van der Waals surface area contributed by atoms with Crippen LogP contribution in [-0.2, 0) is 7.05 Å². The molecule has 1 fully saturated rings. The topological polar surface area (TPSA) is 67.6 Å². The highest BCUT2D eigenvalue weighted by Crippen LogP contribution is 2.46. The van der Waals surface area contributed by atoms with Gasteiger partial charge in [0, 0.05) is 46.8 Å². The smallest absolute Gasteiger partial charge is 0.278 e. The Balaban J connectivity index is 1.47. The molecule has 3 heterocycles. The molecule has 0 saturated heterocycles. The lowest BCUT2D eigenvalue weighted by atomic mass is 9.80. The lowest BCUT2D eigenvalue weighted by Gasteiger charge is -2.28. The highest BCUT2D eigenvalue weighted by atomic mass is 35.5. The van der Waals surface area contributed by atoms with Crippen molar-refractivity contribution in [1.29, 1.82) is 0 Å². The number of hydrogen-bond donors (Lipinski definition) is 1. The van der Waals surface area contributed by atoms with Gasteiger partial charge in [-0.15, -0.1) is 11.6 Å². The van der Waals surface area contributed by atoms with Crippen molar-refractivity contribution in [3.63, 3.8) is 0 Å². The molecule has 0 amide bonds. The van der Waals surface area contributed by atoms with Gasteiger partial charge in [0.25, 0.3) is 6.55 Å². The maximum Gasteiger partial charge on any atom is 0.294 e. The molecule has 1 N–H and O–H groups in total. The van der Waals surface area contributed by atoms with Gasteiger partial charge in [-0.1, -0.05) is 11.6 Å². The Labute approximate surface area is 231 Å². The van der Waals surface area contributed by atoms with Gasteiger partial charge < -0.3 is 0 Å². The van der Waals surface area contributed by atoms with E-state index in [9.17, 15) is 8.78 Å². The van der Waals surface area contributed by atoms with Crippen molar-refractivity contribution in [3.05, 3.63) is 58.7 Å². The minimum absolute atomic E-state index is 0.121. The molecule has 206 valence electrons. The number of halogens is 3. The molecule has 7 nitrogen and oxygen atoms in total. The fourth-order valence-corrected chi connectivity index (χ4v) is 6.88. The minimum Gasteiger partial charge on any atom is -0.278 e. The van der Waals surface area contributed by atoms with Crippen LogP contribution in [0, 0.1) is 6.92 Å². The molecular formula is C29H34ClF2N7. The lowest BCUT2D eigenvalue weighted by molar-refractivity contribution is -0.0391. The highest BCUT2D eigenvalue weighted by molar-refractivity contribution is 6.24. The first-order valence-electron chi connectivity index (χ1n) is 13.6. The molecule has 1 saturated carbocycles. The van der Waals surface area contributed by atoms with Crippen LogP contribution in [0.15, 0.2) is 36.2 Å². The Hall–Kier alpha value is -3.04. The molecule has 0 aliphatic heterocycles. The Kier molecular flexibility index (Phi) is 6.83. The number of aromatic nitrogens is 6. The second kappa shape index (κ2) is 10.2. The number of rotatable bonds is 5. The predicted molar refractivity (Wildman–Crippen MR) is 150 cm³/mol. The standard InChI is InChI=1S/C29H34ClF2N7/c1-16-12-23-22(15-33-35-23)26(27(16)30)25-17(2)39(21-7-5-6-20(9-10-21)37(3)29(31)32)36-28(25)18-8-11-24-19(13-18)14-34-38(24)4/h8,11-15,20-21,26-27,29H,5-7,9-10H2,1-4H3,(H,33,35). The number of aryl methyl sites for hydroxylation is 1. The number of nitrogens with one attached hydrogen (secondary N) is 1. The maximum atomic E-state index is 13.4. The normalized spacial score (nSPS) is 23.9. The van der Waals surface area contributed by atoms with Crippen LogP contribution in [0.2, 0.25) is 0 Å². The summed E-state index contributed by atoms with van der Waals surface area (Å²) >= 11 is 7.15. The minimum atomic E-state index is -2.44. The van der Waals surface area contributed by atoms with E-state index < -0.39 is 6.55 Å². The average Bonchev–Trinajstić information content (AvgIpc) is 3.56. The zero-order valence-electron chi connectivity index (χ0n) is 22.7. The van der Waals surface area contributed by atoms with Crippen LogP contribution in [0.3, 0.4) is 0 Å². The number of aromatic amines is 1. The molecule has 39 heavy (non-hydrogen) atoms. The number of H-pyrrole nitrogens is 1. The molecule has 6 rings (SSSR count). The summed E-state index contributed by atoms with van der Waals surface area (Å²) in [6, 6.07) is 6.34. The molecular weight excluding hydrogens is 520 g/mol. The van der Waals surface area contributed by atoms with E-state index in [-0.39, 0.29) is 23.4 Å². The Morgan fingerprint density at radius 1 is 1.13 bits per heavy atom. The first-order valence-corrected chi connectivity index (χ1v) is 14.0. The lowest BCUT2D eigenvalue weighted by Crippen LogP contribution is -2.35. The third-order valence-electron chi connectivity index (χ3n) is 8.80. The van der Waals surface area contributed by atoms with Gasteiger partial charge in [-0.05, 0) is 71.2 Å². The molecule has 2 aliphatic carbocycles. The quantitative estimate of drug-likeness (QED) is 0.171. The second-order valence-electron chi connectivity index (χ2n) is 11.1. The van der Waals surface area contributed by atoms with Crippen LogP contribution >= 0.6 is 11.6 Å². The molecule has 0 spiro atoms. The summed E-state index contributed by atoms with van der Waals surface area (Å²) in [6.07, 6.45) is 9.89. The maximum absolute atomic E-state index is 13.4. The van der Waals surface area contributed by atoms with Crippen LogP contribution in [0.25, 0.3) is 28.2 Å². The van der Waals surface area contributed by atoms with Gasteiger partial charge in [-0.2, -0.15) is 24.1 Å². The predicted octanol–water partition coefficient (Wildman–Crippen LogP) is 6.65. The summed E-state index contributed by atoms with van der Waals surface area (Å²) in [5, 5.41) is 18.0. The number of benzene rings is 1. The van der Waals surface area contributed by atoms with Crippen molar-refractivity contribution in [2.24, 2.45) is 7.05 Å². The highest BCUT2D eigenvalue weighted by Gasteiger charge is 2.37. The van der Waals surface area contributed by atoms with E-state index >= 15 is 0 Å². The number of alkyl halides is 3. The number of fused-ring (bicyclic) bond motifs is 2. The number of nitrogens with zero attached hydrogens (tertiary/aromatic N) is 6. The average molecular weight is 554 g/mol. The monoisotopic (exact) mass is 553 g/mol. The first kappa shape index (κ1) is 26.2. The van der Waals surface area contributed by atoms with E-state index in [0.29, 0.717) is 6.42 Å². The van der Waals surface area contributed by atoms with Gasteiger partial charge in [0.05, 0.1) is 40.7 Å². The van der Waals surface area contributed by atoms with E-state index in [0.717, 1.165) is 75.9 Å². The number of hydrogen-bond acceptors (Lipinski definition) is 4. The molecule has 3 aromatic heterocycles. The van der Waals surface area contributed by atoms with Crippen molar-refractivity contribution in [2.75, 3.05) is 7.05 Å². The van der Waals surface area contributed by atoms with Crippen LogP contribution in [0.4, 0.5) is 8.78 Å². The number of allylic oxidation sites excluding steroid dienone is 1. The van der Waals surface area contributed by atoms with Gasteiger partial charge in [0.15, 0.2) is 0 Å². The Morgan fingerprint density at radius 3 is 2.74 bits per heavy atom. The van der Waals surface area contributed by atoms with E-state index in [2.05, 4.69) is 58.1 Å². The van der Waals surface area contributed by atoms with E-state index in [1.54, 1.807) is 0 Å². The molecule has 0 radical (unpaired) electrons. The van der Waals surface area contributed by atoms with Gasteiger partial charge in [0.2, 0.25) is 0 Å². The summed E-state index contributed by atoms with van der Waals surface area (Å²) in [6.45, 7) is 1.74. The van der Waals surface area contributed by atoms with Crippen molar-refractivity contribution in [3.8, 4) is 11.3 Å². The van der Waals surface area contributed by atoms with Crippen molar-refractivity contribution >= 4 is 28.6 Å². The van der Waals surface area contributed by atoms with Gasteiger partial charge in [0.1, 0.15) is 0 Å². The molecule has 4 atom stereocenters. The SMILES string of the molecule is CC1=Cc2[nH]ncc2C(c2c(-c3ccc4c(cnn4C)c3)nn(C3CCCC(N(C)C(F)F)CC3)c2C)C1Cl. The Morgan fingerprint density at radius 2 is 1.95 bits per heavy atom. The van der Waals surface area contributed by atoms with Gasteiger partial charge in [-0.25, -0.2) is 4.90 Å². The molecule has 10 heteroatoms.